The van der Waals surface area contributed by atoms with Crippen LogP contribution >= 0.6 is 11.3 Å². The molecule has 3 aromatic rings. The van der Waals surface area contributed by atoms with Gasteiger partial charge in [0.05, 0.1) is 11.2 Å². The molecule has 0 spiro atoms. The van der Waals surface area contributed by atoms with Crippen molar-refractivity contribution >= 4 is 23.1 Å². The molecule has 0 saturated carbocycles. The van der Waals surface area contributed by atoms with Crippen molar-refractivity contribution in [1.82, 2.24) is 9.88 Å². The highest BCUT2D eigenvalue weighted by molar-refractivity contribution is 7.07. The summed E-state index contributed by atoms with van der Waals surface area (Å²) >= 11 is 1.53. The lowest BCUT2D eigenvalue weighted by molar-refractivity contribution is 0.171. The third-order valence-corrected chi connectivity index (χ3v) is 4.96. The van der Waals surface area contributed by atoms with Crippen LogP contribution in [-0.2, 0) is 13.2 Å². The number of urea groups is 1. The second-order valence-corrected chi connectivity index (χ2v) is 7.28. The van der Waals surface area contributed by atoms with Crippen LogP contribution in [0.3, 0.4) is 0 Å². The van der Waals surface area contributed by atoms with Crippen LogP contribution in [0.4, 0.5) is 10.5 Å². The van der Waals surface area contributed by atoms with Crippen molar-refractivity contribution in [1.29, 1.82) is 0 Å². The maximum absolute atomic E-state index is 12.6. The molecule has 4 rings (SSSR count). The van der Waals surface area contributed by atoms with Crippen molar-refractivity contribution in [3.63, 3.8) is 0 Å². The summed E-state index contributed by atoms with van der Waals surface area (Å²) in [5, 5.41) is 4.84. The lowest BCUT2D eigenvalue weighted by atomic mass is 10.2. The van der Waals surface area contributed by atoms with Gasteiger partial charge in [0.25, 0.3) is 0 Å². The van der Waals surface area contributed by atoms with Gasteiger partial charge in [-0.25, -0.2) is 9.78 Å². The van der Waals surface area contributed by atoms with E-state index in [1.807, 2.05) is 41.8 Å². The van der Waals surface area contributed by atoms with E-state index in [4.69, 9.17) is 14.2 Å². The molecule has 2 heterocycles. The Morgan fingerprint density at radius 1 is 1.21 bits per heavy atom. The molecule has 150 valence electrons. The summed E-state index contributed by atoms with van der Waals surface area (Å²) in [6.45, 7) is 1.93. The molecule has 7 nitrogen and oxygen atoms in total. The normalized spacial score (nSPS) is 12.3. The van der Waals surface area contributed by atoms with Gasteiger partial charge in [0.1, 0.15) is 25.6 Å². The summed E-state index contributed by atoms with van der Waals surface area (Å²) in [5.41, 5.74) is 4.28. The first kappa shape index (κ1) is 19.1. The van der Waals surface area contributed by atoms with Crippen molar-refractivity contribution in [2.24, 2.45) is 0 Å². The summed E-state index contributed by atoms with van der Waals surface area (Å²) in [5.74, 6) is 2.12. The Balaban J connectivity index is 1.34. The molecular formula is C21H21N3O4S. The Bertz CT molecular complexity index is 978. The zero-order chi connectivity index (χ0) is 20.1. The summed E-state index contributed by atoms with van der Waals surface area (Å²) in [7, 11) is 1.74. The molecule has 0 atom stereocenters. The van der Waals surface area contributed by atoms with Crippen molar-refractivity contribution in [2.45, 2.75) is 13.2 Å². The largest absolute Gasteiger partial charge is 0.487 e. The highest BCUT2D eigenvalue weighted by atomic mass is 32.1. The molecule has 1 aromatic heterocycles. The number of hydrogen-bond acceptors (Lipinski definition) is 6. The van der Waals surface area contributed by atoms with Gasteiger partial charge in [-0.05, 0) is 29.8 Å². The first-order valence-electron chi connectivity index (χ1n) is 9.18. The minimum absolute atomic E-state index is 0.212. The SMILES string of the molecule is CN(Cc1ccc2c(c1)OCCO2)C(=O)Nc1cccc(OCc2cscn2)c1. The summed E-state index contributed by atoms with van der Waals surface area (Å²) in [6, 6.07) is 12.8. The van der Waals surface area contributed by atoms with E-state index >= 15 is 0 Å². The van der Waals surface area contributed by atoms with Crippen molar-refractivity contribution in [2.75, 3.05) is 25.6 Å². The van der Waals surface area contributed by atoms with Crippen LogP contribution in [0.25, 0.3) is 0 Å². The van der Waals surface area contributed by atoms with Crippen LogP contribution in [0.15, 0.2) is 53.4 Å². The topological polar surface area (TPSA) is 72.9 Å². The quantitative estimate of drug-likeness (QED) is 0.659. The Hall–Kier alpha value is -3.26. The van der Waals surface area contributed by atoms with E-state index in [-0.39, 0.29) is 6.03 Å². The van der Waals surface area contributed by atoms with Crippen LogP contribution in [0.1, 0.15) is 11.3 Å². The molecule has 0 aliphatic carbocycles. The van der Waals surface area contributed by atoms with Crippen molar-refractivity contribution < 1.29 is 19.0 Å². The van der Waals surface area contributed by atoms with Crippen LogP contribution in [-0.4, -0.2) is 36.2 Å². The Morgan fingerprint density at radius 2 is 2.07 bits per heavy atom. The lowest BCUT2D eigenvalue weighted by Gasteiger charge is -2.21. The zero-order valence-corrected chi connectivity index (χ0v) is 16.8. The number of carbonyl (C=O) groups excluding carboxylic acids is 1. The maximum Gasteiger partial charge on any atom is 0.321 e. The predicted octanol–water partition coefficient (Wildman–Crippen LogP) is 4.16. The third kappa shape index (κ3) is 4.97. The number of rotatable bonds is 6. The molecule has 0 bridgehead atoms. The van der Waals surface area contributed by atoms with Gasteiger partial charge in [0, 0.05) is 30.7 Å². The summed E-state index contributed by atoms with van der Waals surface area (Å²) in [4.78, 5) is 18.4. The number of amides is 2. The van der Waals surface area contributed by atoms with Gasteiger partial charge < -0.3 is 24.4 Å². The molecule has 2 aromatic carbocycles. The molecule has 2 amide bonds. The van der Waals surface area contributed by atoms with E-state index < -0.39 is 0 Å². The fourth-order valence-electron chi connectivity index (χ4n) is 2.88. The Kier molecular flexibility index (Phi) is 5.81. The molecule has 1 aliphatic heterocycles. The summed E-state index contributed by atoms with van der Waals surface area (Å²) in [6.07, 6.45) is 0. The van der Waals surface area contributed by atoms with Gasteiger partial charge in [-0.1, -0.05) is 12.1 Å². The van der Waals surface area contributed by atoms with E-state index in [1.165, 1.54) is 11.3 Å². The molecule has 0 saturated heterocycles. The molecular weight excluding hydrogens is 390 g/mol. The van der Waals surface area contributed by atoms with Gasteiger partial charge in [-0.3, -0.25) is 0 Å². The second-order valence-electron chi connectivity index (χ2n) is 6.56. The molecule has 0 fully saturated rings. The van der Waals surface area contributed by atoms with Crippen LogP contribution in [0, 0.1) is 0 Å². The number of hydrogen-bond donors (Lipinski definition) is 1. The number of anilines is 1. The molecule has 29 heavy (non-hydrogen) atoms. The number of carbonyl (C=O) groups is 1. The molecule has 8 heteroatoms. The monoisotopic (exact) mass is 411 g/mol. The number of ether oxygens (including phenoxy) is 3. The molecule has 1 aliphatic rings. The maximum atomic E-state index is 12.6. The first-order chi connectivity index (χ1) is 14.2. The molecule has 1 N–H and O–H groups in total. The van der Waals surface area contributed by atoms with Gasteiger partial charge in [-0.15, -0.1) is 11.3 Å². The van der Waals surface area contributed by atoms with E-state index in [2.05, 4.69) is 10.3 Å². The van der Waals surface area contributed by atoms with Crippen LogP contribution in [0.5, 0.6) is 17.2 Å². The molecule has 0 unspecified atom stereocenters. The van der Waals surface area contributed by atoms with Crippen molar-refractivity contribution in [3.05, 3.63) is 64.6 Å². The summed E-state index contributed by atoms with van der Waals surface area (Å²) < 4.78 is 16.9. The number of nitrogens with zero attached hydrogens (tertiary/aromatic N) is 2. The average Bonchev–Trinajstić information content (AvgIpc) is 3.26. The smallest absolute Gasteiger partial charge is 0.321 e. The number of nitrogens with one attached hydrogen (secondary N) is 1. The minimum atomic E-state index is -0.212. The fourth-order valence-corrected chi connectivity index (χ4v) is 3.42. The standard InChI is InChI=1S/C21H21N3O4S/c1-24(11-15-5-6-19-20(9-15)27-8-7-26-19)21(25)23-16-3-2-4-18(10-16)28-12-17-13-29-14-22-17/h2-6,9-10,13-14H,7-8,11-12H2,1H3,(H,23,25). The van der Waals surface area contributed by atoms with Crippen LogP contribution in [0.2, 0.25) is 0 Å². The van der Waals surface area contributed by atoms with Gasteiger partial charge >= 0.3 is 6.03 Å². The zero-order valence-electron chi connectivity index (χ0n) is 16.0. The molecule has 0 radical (unpaired) electrons. The van der Waals surface area contributed by atoms with Gasteiger partial charge in [0.2, 0.25) is 0 Å². The predicted molar refractivity (Wildman–Crippen MR) is 111 cm³/mol. The number of benzene rings is 2. The highest BCUT2D eigenvalue weighted by Crippen LogP contribution is 2.31. The lowest BCUT2D eigenvalue weighted by Crippen LogP contribution is -2.30. The van der Waals surface area contributed by atoms with E-state index in [9.17, 15) is 4.79 Å². The Morgan fingerprint density at radius 3 is 2.90 bits per heavy atom. The number of aromatic nitrogens is 1. The number of thiazole rings is 1. The minimum Gasteiger partial charge on any atom is -0.487 e. The van der Waals surface area contributed by atoms with E-state index in [1.54, 1.807) is 23.5 Å². The Labute approximate surface area is 172 Å². The number of fused-ring (bicyclic) bond motifs is 1. The van der Waals surface area contributed by atoms with Crippen molar-refractivity contribution in [3.8, 4) is 17.2 Å². The van der Waals surface area contributed by atoms with E-state index in [0.717, 1.165) is 17.0 Å². The van der Waals surface area contributed by atoms with Gasteiger partial charge in [0.15, 0.2) is 11.5 Å². The van der Waals surface area contributed by atoms with Crippen LogP contribution < -0.4 is 19.5 Å². The second kappa shape index (κ2) is 8.83. The van der Waals surface area contributed by atoms with Gasteiger partial charge in [-0.2, -0.15) is 0 Å². The third-order valence-electron chi connectivity index (χ3n) is 4.33. The highest BCUT2D eigenvalue weighted by Gasteiger charge is 2.14. The first-order valence-corrected chi connectivity index (χ1v) is 10.1. The average molecular weight is 411 g/mol. The van der Waals surface area contributed by atoms with E-state index in [0.29, 0.717) is 43.6 Å². The fraction of sp³-hybridized carbons (Fsp3) is 0.238.